The normalized spacial score (nSPS) is 13.2. The summed E-state index contributed by atoms with van der Waals surface area (Å²) in [6, 6.07) is 14.5. The number of amides is 1. The lowest BCUT2D eigenvalue weighted by Crippen LogP contribution is -2.27. The number of Topliss-reactive ketones (excluding diaryl/α,β-unsaturated/α-hetero) is 1. The van der Waals surface area contributed by atoms with Gasteiger partial charge in [0.25, 0.3) is 11.7 Å². The van der Waals surface area contributed by atoms with Gasteiger partial charge in [-0.3, -0.25) is 9.59 Å². The molecule has 1 fully saturated rings. The van der Waals surface area contributed by atoms with E-state index in [2.05, 4.69) is 10.3 Å². The second-order valence-electron chi connectivity index (χ2n) is 7.87. The standard InChI is InChI=1S/C25H23F2N3O4S/c26-25(27)35-18-9-7-17(8-10-18)29-20-6-2-1-5-19(20)24(33)34-15-22(31)16-13-21(28-14-16)23(32)30-11-3-4-12-30/h1-2,5-10,13-14,25,28-29H,3-4,11-12,15H2. The molecule has 2 heterocycles. The van der Waals surface area contributed by atoms with Gasteiger partial charge in [0, 0.05) is 35.4 Å². The number of aromatic amines is 1. The number of carbonyl (C=O) groups is 3. The van der Waals surface area contributed by atoms with Gasteiger partial charge in [0.05, 0.1) is 11.3 Å². The van der Waals surface area contributed by atoms with Gasteiger partial charge in [0.2, 0.25) is 5.78 Å². The molecule has 3 aromatic rings. The van der Waals surface area contributed by atoms with E-state index in [9.17, 15) is 23.2 Å². The second kappa shape index (κ2) is 11.2. The number of carbonyl (C=O) groups excluding carboxylic acids is 3. The van der Waals surface area contributed by atoms with Gasteiger partial charge in [-0.1, -0.05) is 23.9 Å². The number of nitrogens with one attached hydrogen (secondary N) is 2. The summed E-state index contributed by atoms with van der Waals surface area (Å²) >= 11 is 0.448. The Hall–Kier alpha value is -3.66. The van der Waals surface area contributed by atoms with Gasteiger partial charge < -0.3 is 19.9 Å². The monoisotopic (exact) mass is 499 g/mol. The Bertz CT molecular complexity index is 1210. The molecular formula is C25H23F2N3O4S. The number of esters is 1. The number of nitrogens with zero attached hydrogens (tertiary/aromatic N) is 1. The van der Waals surface area contributed by atoms with Crippen molar-refractivity contribution >= 4 is 40.8 Å². The summed E-state index contributed by atoms with van der Waals surface area (Å²) in [7, 11) is 0. The van der Waals surface area contributed by atoms with Crippen LogP contribution in [0, 0.1) is 0 Å². The quantitative estimate of drug-likeness (QED) is 0.234. The Kier molecular flexibility index (Phi) is 7.81. The number of likely N-dealkylation sites (tertiary alicyclic amines) is 1. The first kappa shape index (κ1) is 24.5. The largest absolute Gasteiger partial charge is 0.454 e. The highest BCUT2D eigenvalue weighted by Crippen LogP contribution is 2.28. The summed E-state index contributed by atoms with van der Waals surface area (Å²) in [6.07, 6.45) is 3.37. The lowest BCUT2D eigenvalue weighted by Gasteiger charge is -2.13. The van der Waals surface area contributed by atoms with Gasteiger partial charge in [-0.05, 0) is 55.3 Å². The highest BCUT2D eigenvalue weighted by molar-refractivity contribution is 7.99. The van der Waals surface area contributed by atoms with Gasteiger partial charge in [-0.25, -0.2) is 4.79 Å². The number of ether oxygens (including phenoxy) is 1. The number of H-pyrrole nitrogens is 1. The Labute approximate surface area is 204 Å². The Morgan fingerprint density at radius 3 is 2.49 bits per heavy atom. The molecule has 1 aliphatic rings. The molecule has 0 saturated carbocycles. The minimum absolute atomic E-state index is 0.153. The van der Waals surface area contributed by atoms with Gasteiger partial charge in [0.15, 0.2) is 6.61 Å². The first-order chi connectivity index (χ1) is 16.9. The number of alkyl halides is 2. The van der Waals surface area contributed by atoms with E-state index in [1.807, 2.05) is 0 Å². The predicted molar refractivity (Wildman–Crippen MR) is 129 cm³/mol. The molecule has 0 unspecified atom stereocenters. The van der Waals surface area contributed by atoms with Crippen molar-refractivity contribution < 1.29 is 27.9 Å². The highest BCUT2D eigenvalue weighted by atomic mass is 32.2. The van der Waals surface area contributed by atoms with Crippen molar-refractivity contribution in [3.63, 3.8) is 0 Å². The van der Waals surface area contributed by atoms with Crippen LogP contribution >= 0.6 is 11.8 Å². The number of ketones is 1. The van der Waals surface area contributed by atoms with Gasteiger partial charge >= 0.3 is 5.97 Å². The summed E-state index contributed by atoms with van der Waals surface area (Å²) in [6.45, 7) is 0.915. The Morgan fingerprint density at radius 1 is 1.06 bits per heavy atom. The smallest absolute Gasteiger partial charge is 0.340 e. The van der Waals surface area contributed by atoms with Crippen LogP contribution in [0.25, 0.3) is 0 Å². The zero-order chi connectivity index (χ0) is 24.8. The van der Waals surface area contributed by atoms with E-state index in [0.29, 0.717) is 46.8 Å². The molecule has 10 heteroatoms. The highest BCUT2D eigenvalue weighted by Gasteiger charge is 2.22. The van der Waals surface area contributed by atoms with Crippen LogP contribution in [-0.4, -0.2) is 53.0 Å². The molecule has 0 atom stereocenters. The maximum absolute atomic E-state index is 12.7. The maximum atomic E-state index is 12.7. The molecule has 0 spiro atoms. The van der Waals surface area contributed by atoms with E-state index in [1.54, 1.807) is 53.4 Å². The van der Waals surface area contributed by atoms with Crippen LogP contribution in [0.1, 0.15) is 44.0 Å². The van der Waals surface area contributed by atoms with E-state index in [4.69, 9.17) is 4.74 Å². The molecule has 0 aliphatic carbocycles. The maximum Gasteiger partial charge on any atom is 0.340 e. The summed E-state index contributed by atoms with van der Waals surface area (Å²) in [5.74, 6) is -3.79. The number of thioether (sulfide) groups is 1. The van der Waals surface area contributed by atoms with Crippen molar-refractivity contribution in [3.8, 4) is 0 Å². The van der Waals surface area contributed by atoms with Crippen LogP contribution < -0.4 is 5.32 Å². The third-order valence-electron chi connectivity index (χ3n) is 5.47. The number of para-hydroxylation sites is 1. The van der Waals surface area contributed by atoms with Crippen molar-refractivity contribution in [2.45, 2.75) is 23.5 Å². The Morgan fingerprint density at radius 2 is 1.77 bits per heavy atom. The molecular weight excluding hydrogens is 476 g/mol. The van der Waals surface area contributed by atoms with E-state index >= 15 is 0 Å². The number of hydrogen-bond donors (Lipinski definition) is 2. The van der Waals surface area contributed by atoms with Gasteiger partial charge in [-0.15, -0.1) is 0 Å². The third-order valence-corrected chi connectivity index (χ3v) is 6.19. The average Bonchev–Trinajstić information content (AvgIpc) is 3.56. The van der Waals surface area contributed by atoms with E-state index in [-0.39, 0.29) is 17.0 Å². The summed E-state index contributed by atoms with van der Waals surface area (Å²) < 4.78 is 30.2. The molecule has 2 aromatic carbocycles. The van der Waals surface area contributed by atoms with Crippen molar-refractivity contribution in [1.82, 2.24) is 9.88 Å². The topological polar surface area (TPSA) is 91.5 Å². The molecule has 0 bridgehead atoms. The fourth-order valence-electron chi connectivity index (χ4n) is 3.71. The van der Waals surface area contributed by atoms with Crippen LogP contribution in [-0.2, 0) is 4.74 Å². The summed E-state index contributed by atoms with van der Waals surface area (Å²) in [5.41, 5.74) is 1.84. The number of anilines is 2. The number of aromatic nitrogens is 1. The minimum atomic E-state index is -2.50. The average molecular weight is 500 g/mol. The van der Waals surface area contributed by atoms with E-state index in [1.165, 1.54) is 12.3 Å². The number of hydrogen-bond acceptors (Lipinski definition) is 6. The number of benzene rings is 2. The number of rotatable bonds is 9. The molecule has 35 heavy (non-hydrogen) atoms. The molecule has 4 rings (SSSR count). The lowest BCUT2D eigenvalue weighted by atomic mass is 10.1. The van der Waals surface area contributed by atoms with E-state index in [0.717, 1.165) is 12.8 Å². The van der Waals surface area contributed by atoms with Crippen molar-refractivity contribution in [3.05, 3.63) is 77.6 Å². The van der Waals surface area contributed by atoms with Crippen molar-refractivity contribution in [1.29, 1.82) is 0 Å². The predicted octanol–water partition coefficient (Wildman–Crippen LogP) is 5.35. The van der Waals surface area contributed by atoms with Crippen molar-refractivity contribution in [2.75, 3.05) is 25.0 Å². The van der Waals surface area contributed by atoms with Gasteiger partial charge in [0.1, 0.15) is 5.69 Å². The van der Waals surface area contributed by atoms with Crippen LogP contribution in [0.15, 0.2) is 65.7 Å². The first-order valence-corrected chi connectivity index (χ1v) is 11.9. The molecule has 1 saturated heterocycles. The zero-order valence-corrected chi connectivity index (χ0v) is 19.4. The van der Waals surface area contributed by atoms with Crippen LogP contribution in [0.5, 0.6) is 0 Å². The SMILES string of the molecule is O=C(COC(=O)c1ccccc1Nc1ccc(SC(F)F)cc1)c1c[nH]c(C(=O)N2CCCC2)c1. The van der Waals surface area contributed by atoms with E-state index < -0.39 is 24.1 Å². The van der Waals surface area contributed by atoms with Crippen LogP contribution in [0.4, 0.5) is 20.2 Å². The zero-order valence-electron chi connectivity index (χ0n) is 18.6. The van der Waals surface area contributed by atoms with Gasteiger partial charge in [-0.2, -0.15) is 8.78 Å². The Balaban J connectivity index is 1.36. The minimum Gasteiger partial charge on any atom is -0.454 e. The fraction of sp³-hybridized carbons (Fsp3) is 0.240. The van der Waals surface area contributed by atoms with Crippen LogP contribution in [0.2, 0.25) is 0 Å². The lowest BCUT2D eigenvalue weighted by molar-refractivity contribution is 0.0475. The molecule has 0 radical (unpaired) electrons. The van der Waals surface area contributed by atoms with Crippen LogP contribution in [0.3, 0.4) is 0 Å². The summed E-state index contributed by atoms with van der Waals surface area (Å²) in [5, 5.41) is 3.07. The molecule has 7 nitrogen and oxygen atoms in total. The number of halogens is 2. The fourth-order valence-corrected chi connectivity index (χ4v) is 4.21. The first-order valence-electron chi connectivity index (χ1n) is 11.0. The van der Waals surface area contributed by atoms with Crippen molar-refractivity contribution in [2.24, 2.45) is 0 Å². The summed E-state index contributed by atoms with van der Waals surface area (Å²) in [4.78, 5) is 42.6. The molecule has 1 amide bonds. The molecule has 1 aromatic heterocycles. The molecule has 1 aliphatic heterocycles. The molecule has 182 valence electrons. The second-order valence-corrected chi connectivity index (χ2v) is 8.94. The third kappa shape index (κ3) is 6.27. The molecule has 2 N–H and O–H groups in total.